The summed E-state index contributed by atoms with van der Waals surface area (Å²) >= 11 is 0. The zero-order valence-electron chi connectivity index (χ0n) is 46.6. The summed E-state index contributed by atoms with van der Waals surface area (Å²) < 4.78 is 5.46. The van der Waals surface area contributed by atoms with Crippen LogP contribution in [0.1, 0.15) is 91.3 Å². The van der Waals surface area contributed by atoms with E-state index in [4.69, 9.17) is 15.9 Å². The van der Waals surface area contributed by atoms with Gasteiger partial charge in [0, 0.05) is 6.54 Å². The predicted molar refractivity (Wildman–Crippen MR) is 292 cm³/mol. The number of aliphatic hydroxyl groups excluding tert-OH is 4. The summed E-state index contributed by atoms with van der Waals surface area (Å²) in [4.78, 5) is 141. The van der Waals surface area contributed by atoms with E-state index in [-0.39, 0.29) is 50.4 Å². The number of benzene rings is 2. The van der Waals surface area contributed by atoms with Crippen LogP contribution in [-0.4, -0.2) is 172 Å². The van der Waals surface area contributed by atoms with Crippen LogP contribution < -0.4 is 64.2 Å². The minimum Gasteiger partial charge on any atom is -0.445 e. The summed E-state index contributed by atoms with van der Waals surface area (Å²) in [5, 5.41) is 77.6. The maximum absolute atomic E-state index is 15.0. The van der Waals surface area contributed by atoms with Gasteiger partial charge in [0.05, 0.1) is 38.0 Å². The number of hydrogen-bond acceptors (Lipinski definition) is 16. The summed E-state index contributed by atoms with van der Waals surface area (Å²) in [7, 11) is 0. The fourth-order valence-electron chi connectivity index (χ4n) is 8.19. The summed E-state index contributed by atoms with van der Waals surface area (Å²) in [5.41, 5.74) is 6.15. The van der Waals surface area contributed by atoms with Crippen molar-refractivity contribution >= 4 is 65.2 Å². The molecule has 0 radical (unpaired) electrons. The summed E-state index contributed by atoms with van der Waals surface area (Å²) in [6.07, 6.45) is -4.05. The Bertz CT molecular complexity index is 2460. The van der Waals surface area contributed by atoms with Crippen LogP contribution in [0.15, 0.2) is 60.7 Å². The molecule has 81 heavy (non-hydrogen) atoms. The first-order valence-electron chi connectivity index (χ1n) is 26.7. The van der Waals surface area contributed by atoms with E-state index in [0.29, 0.717) is 5.56 Å². The van der Waals surface area contributed by atoms with Gasteiger partial charge in [-0.15, -0.1) is 0 Å². The first-order valence-corrected chi connectivity index (χ1v) is 26.7. The van der Waals surface area contributed by atoms with Crippen molar-refractivity contribution in [3.8, 4) is 0 Å². The van der Waals surface area contributed by atoms with Crippen molar-refractivity contribution in [2.75, 3.05) is 26.3 Å². The molecule has 0 aromatic heterocycles. The van der Waals surface area contributed by atoms with Gasteiger partial charge in [-0.1, -0.05) is 115 Å². The molecule has 18 N–H and O–H groups in total. The molecule has 10 amide bonds. The number of hydrogen-bond donors (Lipinski definition) is 17. The number of guanidine groups is 1. The van der Waals surface area contributed by atoms with Crippen LogP contribution >= 0.6 is 0 Å². The second-order valence-corrected chi connectivity index (χ2v) is 20.1. The molecule has 2 aromatic carbocycles. The van der Waals surface area contributed by atoms with Gasteiger partial charge in [0.15, 0.2) is 5.96 Å². The van der Waals surface area contributed by atoms with Crippen LogP contribution in [0.5, 0.6) is 0 Å². The van der Waals surface area contributed by atoms with Crippen molar-refractivity contribution in [2.45, 2.75) is 147 Å². The number of aliphatic hydroxyl groups is 4. The third-order valence-electron chi connectivity index (χ3n) is 13.5. The highest BCUT2D eigenvalue weighted by Crippen LogP contribution is 2.21. The molecule has 2 aromatic rings. The van der Waals surface area contributed by atoms with Gasteiger partial charge in [0.25, 0.3) is 0 Å². The second-order valence-electron chi connectivity index (χ2n) is 20.1. The fraction of sp³-hybridized carbons (Fsp3) is 0.566. The molecule has 0 spiro atoms. The van der Waals surface area contributed by atoms with Gasteiger partial charge < -0.3 is 89.4 Å². The summed E-state index contributed by atoms with van der Waals surface area (Å²) in [5.74, 6) is -12.2. The van der Waals surface area contributed by atoms with Crippen LogP contribution in [0.3, 0.4) is 0 Å². The van der Waals surface area contributed by atoms with E-state index in [9.17, 15) is 68.4 Å². The van der Waals surface area contributed by atoms with Crippen molar-refractivity contribution in [1.29, 1.82) is 5.41 Å². The number of carbonyl (C=O) groups is 10. The molecule has 3 rings (SSSR count). The number of ether oxygens (including phenoxy) is 1. The summed E-state index contributed by atoms with van der Waals surface area (Å²) in [6.45, 7) is 7.49. The second kappa shape index (κ2) is 33.6. The van der Waals surface area contributed by atoms with E-state index in [1.807, 2.05) is 0 Å². The van der Waals surface area contributed by atoms with Crippen LogP contribution in [0.25, 0.3) is 0 Å². The Kier molecular flexibility index (Phi) is 27.9. The highest BCUT2D eigenvalue weighted by molar-refractivity contribution is 5.99. The van der Waals surface area contributed by atoms with Crippen molar-refractivity contribution in [3.05, 3.63) is 71.8 Å². The molecule has 2 unspecified atom stereocenters. The van der Waals surface area contributed by atoms with Crippen LogP contribution in [-0.2, 0) is 54.5 Å². The van der Waals surface area contributed by atoms with E-state index in [1.54, 1.807) is 64.1 Å². The maximum Gasteiger partial charge on any atom is 0.408 e. The third-order valence-corrected chi connectivity index (χ3v) is 13.5. The van der Waals surface area contributed by atoms with Crippen molar-refractivity contribution in [1.82, 2.24) is 58.5 Å². The molecule has 1 fully saturated rings. The first-order chi connectivity index (χ1) is 38.4. The van der Waals surface area contributed by atoms with Gasteiger partial charge in [-0.3, -0.25) is 48.6 Å². The molecule has 1 heterocycles. The average molecular weight is 1140 g/mol. The lowest BCUT2D eigenvalue weighted by atomic mass is 9.93. The molecule has 1 saturated heterocycles. The van der Waals surface area contributed by atoms with Gasteiger partial charge in [-0.25, -0.2) is 4.79 Å². The zero-order chi connectivity index (χ0) is 60.5. The lowest BCUT2D eigenvalue weighted by Crippen LogP contribution is -2.64. The Morgan fingerprint density at radius 3 is 1.65 bits per heavy atom. The topological polar surface area (TPSA) is 443 Å². The number of rotatable bonds is 17. The van der Waals surface area contributed by atoms with E-state index in [2.05, 4.69) is 58.5 Å². The van der Waals surface area contributed by atoms with Crippen molar-refractivity contribution in [2.24, 2.45) is 23.5 Å². The average Bonchev–Trinajstić information content (AvgIpc) is 3.44. The van der Waals surface area contributed by atoms with E-state index in [0.717, 1.165) is 6.92 Å². The molecule has 1 aliphatic rings. The van der Waals surface area contributed by atoms with Crippen LogP contribution in [0.4, 0.5) is 4.79 Å². The molecular formula is C53H81N13O15. The monoisotopic (exact) mass is 1140 g/mol. The van der Waals surface area contributed by atoms with Gasteiger partial charge >= 0.3 is 6.09 Å². The standard InChI is InChI=1S/C53H81N13O15/c1-8-28(5)37-48(76)59-33(21-16-22-56-52(54)55)44(72)61-38(29(6)9-2)49(77)63-39(30(7)69)47(75)57-23-36(70)58-34(24-67)45(73)60-35(25-68)46(74)64-40(32-19-14-11-15-20-32)41(66-53(80)81-26-31-17-12-10-13-18-31)50(78)65-42(51(79)62-37)43(71)27(3)4/h10-15,17-20,27-30,33-35,37-43,67-69,71H,8-9,16,21-26H2,1-7H3,(H,57,75)(H,58,70)(H,59,76)(H,60,73)(H,61,72)(H,62,79)(H,63,77)(H,64,74)(H,65,78)(H,66,80)(H4,54,55,56)/t28-,29-,30-,33+,34-,35?,37?,38-,39-,40+,41-,42-,43+/m0/s1. The molecule has 448 valence electrons. The quantitative estimate of drug-likeness (QED) is 0.0413. The molecule has 0 aliphatic carbocycles. The van der Waals surface area contributed by atoms with E-state index < -0.39 is 163 Å². The maximum atomic E-state index is 15.0. The zero-order valence-corrected chi connectivity index (χ0v) is 46.6. The molecule has 28 nitrogen and oxygen atoms in total. The smallest absolute Gasteiger partial charge is 0.408 e. The lowest BCUT2D eigenvalue weighted by Gasteiger charge is -2.34. The van der Waals surface area contributed by atoms with E-state index >= 15 is 0 Å². The van der Waals surface area contributed by atoms with Gasteiger partial charge in [-0.05, 0) is 48.6 Å². The minimum absolute atomic E-state index is 0.0543. The normalized spacial score (nSPS) is 25.1. The highest BCUT2D eigenvalue weighted by Gasteiger charge is 2.42. The molecule has 0 saturated carbocycles. The Hall–Kier alpha value is -7.95. The van der Waals surface area contributed by atoms with Gasteiger partial charge in [0.1, 0.15) is 54.9 Å². The SMILES string of the molecule is CC[C@H](C)C1NC(=O)[C@H]([C@H](O)C(C)C)NC(=O)[C@@H](NC(=O)OCc2ccccc2)[C@@H](c2ccccc2)NC(=O)C(CO)NC(=O)[C@H](CO)NC(=O)CNC(=O)[C@H]([C@H](C)O)NC(=O)[C@H]([C@@H](C)CC)NC(=O)[C@@H](CCCNC(=N)N)NC1=O. The minimum atomic E-state index is -1.96. The molecule has 13 atom stereocenters. The first kappa shape index (κ1) is 67.3. The Morgan fingerprint density at radius 2 is 1.11 bits per heavy atom. The van der Waals surface area contributed by atoms with E-state index in [1.165, 1.54) is 38.1 Å². The van der Waals surface area contributed by atoms with Gasteiger partial charge in [0.2, 0.25) is 53.2 Å². The molecular weight excluding hydrogens is 1060 g/mol. The Balaban J connectivity index is 2.28. The van der Waals surface area contributed by atoms with Crippen molar-refractivity contribution < 1.29 is 73.1 Å². The number of amides is 10. The molecule has 28 heteroatoms. The Labute approximate surface area is 469 Å². The fourth-order valence-corrected chi connectivity index (χ4v) is 8.19. The highest BCUT2D eigenvalue weighted by atomic mass is 16.5. The predicted octanol–water partition coefficient (Wildman–Crippen LogP) is -3.60. The number of carbonyl (C=O) groups excluding carboxylic acids is 10. The Morgan fingerprint density at radius 1 is 0.630 bits per heavy atom. The van der Waals surface area contributed by atoms with Crippen LogP contribution in [0, 0.1) is 23.2 Å². The number of nitrogens with one attached hydrogen (secondary N) is 12. The van der Waals surface area contributed by atoms with Gasteiger partial charge in [-0.2, -0.15) is 0 Å². The van der Waals surface area contributed by atoms with Crippen molar-refractivity contribution in [3.63, 3.8) is 0 Å². The number of nitrogens with two attached hydrogens (primary N) is 1. The van der Waals surface area contributed by atoms with Crippen LogP contribution in [0.2, 0.25) is 0 Å². The number of alkyl carbamates (subject to hydrolysis) is 1. The largest absolute Gasteiger partial charge is 0.445 e. The summed E-state index contributed by atoms with van der Waals surface area (Å²) in [6, 6.07) is 0.576. The lowest BCUT2D eigenvalue weighted by molar-refractivity contribution is -0.138. The molecule has 0 bridgehead atoms. The third kappa shape index (κ3) is 21.2. The molecule has 1 aliphatic heterocycles.